The Morgan fingerprint density at radius 2 is 1.19 bits per heavy atom. The summed E-state index contributed by atoms with van der Waals surface area (Å²) in [6, 6.07) is 5.43. The van der Waals surface area contributed by atoms with Crippen molar-refractivity contribution in [1.29, 1.82) is 0 Å². The first kappa shape index (κ1) is 26.8. The van der Waals surface area contributed by atoms with Crippen molar-refractivity contribution in [2.75, 3.05) is 23.8 Å². The highest BCUT2D eigenvalue weighted by Gasteiger charge is 2.13. The van der Waals surface area contributed by atoms with E-state index in [9.17, 15) is 9.59 Å². The van der Waals surface area contributed by atoms with Crippen molar-refractivity contribution < 1.29 is 19.1 Å². The quantitative estimate of drug-likeness (QED) is 0.260. The maximum Gasteiger partial charge on any atom is 0.411 e. The molecule has 0 spiro atoms. The minimum atomic E-state index is -0.511. The molecule has 0 aromatic heterocycles. The van der Waals surface area contributed by atoms with Gasteiger partial charge in [0, 0.05) is 0 Å². The van der Waals surface area contributed by atoms with Gasteiger partial charge in [-0.1, -0.05) is 90.2 Å². The molecule has 0 aliphatic rings. The van der Waals surface area contributed by atoms with E-state index >= 15 is 0 Å². The van der Waals surface area contributed by atoms with Crippen LogP contribution in [0.4, 0.5) is 21.0 Å². The summed E-state index contributed by atoms with van der Waals surface area (Å²) >= 11 is 0. The van der Waals surface area contributed by atoms with E-state index in [2.05, 4.69) is 24.5 Å². The third kappa shape index (κ3) is 12.9. The number of carbonyl (C=O) groups is 2. The lowest BCUT2D eigenvalue weighted by Crippen LogP contribution is -2.19. The second kappa shape index (κ2) is 17.4. The number of hydrogen-bond donors (Lipinski definition) is 2. The third-order valence-corrected chi connectivity index (χ3v) is 5.20. The van der Waals surface area contributed by atoms with Crippen LogP contribution in [0.2, 0.25) is 0 Å². The number of para-hydroxylation sites is 1. The molecular weight excluding hydrogens is 392 g/mol. The highest BCUT2D eigenvalue weighted by Crippen LogP contribution is 2.26. The van der Waals surface area contributed by atoms with Crippen molar-refractivity contribution in [2.24, 2.45) is 0 Å². The van der Waals surface area contributed by atoms with Gasteiger partial charge in [-0.25, -0.2) is 9.59 Å². The lowest BCUT2D eigenvalue weighted by molar-refractivity contribution is 0.157. The van der Waals surface area contributed by atoms with Crippen molar-refractivity contribution >= 4 is 23.6 Å². The molecule has 0 atom stereocenters. The second-order valence-corrected chi connectivity index (χ2v) is 8.05. The first-order valence-corrected chi connectivity index (χ1v) is 12.1. The van der Waals surface area contributed by atoms with Crippen LogP contribution in [0.15, 0.2) is 18.2 Å². The summed E-state index contributed by atoms with van der Waals surface area (Å²) in [5.74, 6) is 0. The summed E-state index contributed by atoms with van der Waals surface area (Å²) in [7, 11) is 0. The summed E-state index contributed by atoms with van der Waals surface area (Å²) in [4.78, 5) is 24.3. The Morgan fingerprint density at radius 1 is 0.710 bits per heavy atom. The summed E-state index contributed by atoms with van der Waals surface area (Å²) in [5, 5.41) is 5.49. The molecule has 0 aliphatic heterocycles. The molecule has 6 nitrogen and oxygen atoms in total. The highest BCUT2D eigenvalue weighted by atomic mass is 16.6. The van der Waals surface area contributed by atoms with Crippen molar-refractivity contribution in [3.63, 3.8) is 0 Å². The molecule has 0 unspecified atom stereocenters. The van der Waals surface area contributed by atoms with E-state index in [4.69, 9.17) is 9.47 Å². The Bertz CT molecular complexity index is 634. The predicted octanol–water partition coefficient (Wildman–Crippen LogP) is 7.81. The van der Waals surface area contributed by atoms with Gasteiger partial charge in [0.2, 0.25) is 0 Å². The molecule has 0 aliphatic carbocycles. The predicted molar refractivity (Wildman–Crippen MR) is 128 cm³/mol. The van der Waals surface area contributed by atoms with Crippen molar-refractivity contribution in [3.8, 4) is 0 Å². The zero-order chi connectivity index (χ0) is 22.7. The van der Waals surface area contributed by atoms with Gasteiger partial charge in [0.1, 0.15) is 0 Å². The number of anilines is 2. The molecule has 31 heavy (non-hydrogen) atoms. The fraction of sp³-hybridized carbons (Fsp3) is 0.680. The van der Waals surface area contributed by atoms with Gasteiger partial charge in [0.05, 0.1) is 24.6 Å². The Kier molecular flexibility index (Phi) is 15.1. The van der Waals surface area contributed by atoms with Crippen LogP contribution in [0, 0.1) is 6.92 Å². The van der Waals surface area contributed by atoms with Crippen LogP contribution in [0.5, 0.6) is 0 Å². The monoisotopic (exact) mass is 434 g/mol. The van der Waals surface area contributed by atoms with Crippen molar-refractivity contribution in [2.45, 2.75) is 97.8 Å². The van der Waals surface area contributed by atoms with Gasteiger partial charge in [-0.2, -0.15) is 0 Å². The van der Waals surface area contributed by atoms with E-state index in [0.29, 0.717) is 24.6 Å². The molecule has 1 aromatic rings. The number of unbranched alkanes of at least 4 members (excludes halogenated alkanes) is 10. The van der Waals surface area contributed by atoms with Gasteiger partial charge in [0.25, 0.3) is 0 Å². The second-order valence-electron chi connectivity index (χ2n) is 8.05. The molecule has 176 valence electrons. The molecule has 1 rings (SSSR count). The smallest absolute Gasteiger partial charge is 0.411 e. The van der Waals surface area contributed by atoms with E-state index in [-0.39, 0.29) is 0 Å². The Hall–Kier alpha value is -2.24. The average Bonchev–Trinajstić information content (AvgIpc) is 2.75. The van der Waals surface area contributed by atoms with Gasteiger partial charge in [-0.05, 0) is 31.4 Å². The van der Waals surface area contributed by atoms with Crippen molar-refractivity contribution in [1.82, 2.24) is 0 Å². The number of benzene rings is 1. The van der Waals surface area contributed by atoms with Crippen LogP contribution < -0.4 is 10.6 Å². The topological polar surface area (TPSA) is 76.7 Å². The fourth-order valence-corrected chi connectivity index (χ4v) is 3.32. The van der Waals surface area contributed by atoms with Crippen LogP contribution in [-0.2, 0) is 9.47 Å². The van der Waals surface area contributed by atoms with Gasteiger partial charge in [0.15, 0.2) is 0 Å². The van der Waals surface area contributed by atoms with Crippen LogP contribution in [0.25, 0.3) is 0 Å². The van der Waals surface area contributed by atoms with Crippen LogP contribution in [0.3, 0.4) is 0 Å². The molecule has 0 fully saturated rings. The van der Waals surface area contributed by atoms with Crippen LogP contribution in [-0.4, -0.2) is 25.4 Å². The van der Waals surface area contributed by atoms with Crippen molar-refractivity contribution in [3.05, 3.63) is 23.8 Å². The third-order valence-electron chi connectivity index (χ3n) is 5.20. The average molecular weight is 435 g/mol. The van der Waals surface area contributed by atoms with E-state index in [1.165, 1.54) is 51.4 Å². The van der Waals surface area contributed by atoms with Crippen LogP contribution >= 0.6 is 0 Å². The fourth-order valence-electron chi connectivity index (χ4n) is 3.32. The van der Waals surface area contributed by atoms with Crippen LogP contribution in [0.1, 0.15) is 96.5 Å². The van der Waals surface area contributed by atoms with Gasteiger partial charge >= 0.3 is 12.2 Å². The minimum absolute atomic E-state index is 0.396. The number of aryl methyl sites for hydroxylation is 1. The van der Waals surface area contributed by atoms with Gasteiger partial charge in [-0.15, -0.1) is 0 Å². The number of rotatable bonds is 16. The maximum atomic E-state index is 12.2. The SMILES string of the molecule is CCCCCCCCOC(=O)Nc1cccc(C)c1NC(=O)OCCCCCCCC. The van der Waals surface area contributed by atoms with Gasteiger partial charge in [-0.3, -0.25) is 10.6 Å². The number of carbonyl (C=O) groups excluding carboxylic acids is 2. The molecule has 0 saturated heterocycles. The molecule has 0 heterocycles. The molecule has 1 aromatic carbocycles. The minimum Gasteiger partial charge on any atom is -0.449 e. The number of ether oxygens (including phenoxy) is 2. The normalized spacial score (nSPS) is 10.5. The zero-order valence-electron chi connectivity index (χ0n) is 19.8. The Labute approximate surface area is 188 Å². The Balaban J connectivity index is 2.37. The maximum absolute atomic E-state index is 12.2. The number of nitrogens with one attached hydrogen (secondary N) is 2. The van der Waals surface area contributed by atoms with E-state index in [0.717, 1.165) is 31.2 Å². The molecule has 0 radical (unpaired) electrons. The van der Waals surface area contributed by atoms with E-state index < -0.39 is 12.2 Å². The molecule has 6 heteroatoms. The number of amides is 2. The summed E-state index contributed by atoms with van der Waals surface area (Å²) in [5.41, 5.74) is 1.88. The lowest BCUT2D eigenvalue weighted by atomic mass is 10.1. The highest BCUT2D eigenvalue weighted by molar-refractivity contribution is 5.96. The molecular formula is C25H42N2O4. The molecule has 2 N–H and O–H groups in total. The zero-order valence-corrected chi connectivity index (χ0v) is 19.8. The van der Waals surface area contributed by atoms with Gasteiger partial charge < -0.3 is 9.47 Å². The van der Waals surface area contributed by atoms with E-state index in [1.807, 2.05) is 19.1 Å². The largest absolute Gasteiger partial charge is 0.449 e. The standard InChI is InChI=1S/C25H42N2O4/c1-4-6-8-10-12-14-19-30-24(28)26-22-18-16-17-21(3)23(22)27-25(29)31-20-15-13-11-9-7-5-2/h16-18H,4-15,19-20H2,1-3H3,(H,26,28)(H,27,29). The first-order chi connectivity index (χ1) is 15.1. The number of hydrogen-bond acceptors (Lipinski definition) is 4. The summed E-state index contributed by atoms with van der Waals surface area (Å²) in [6.07, 6.45) is 12.6. The Morgan fingerprint density at radius 3 is 1.74 bits per heavy atom. The molecule has 0 saturated carbocycles. The molecule has 0 bridgehead atoms. The first-order valence-electron chi connectivity index (χ1n) is 12.1. The summed E-state index contributed by atoms with van der Waals surface area (Å²) in [6.45, 7) is 7.05. The van der Waals surface area contributed by atoms with E-state index in [1.54, 1.807) is 6.07 Å². The molecule has 2 amide bonds. The lowest BCUT2D eigenvalue weighted by Gasteiger charge is -2.15. The summed E-state index contributed by atoms with van der Waals surface area (Å²) < 4.78 is 10.6.